The number of nitrogens with one attached hydrogen (secondary N) is 2. The molecule has 3 aromatic heterocycles. The molecule has 0 atom stereocenters. The average molecular weight is 468 g/mol. The molecule has 1 saturated heterocycles. The molecule has 1 aliphatic heterocycles. The van der Waals surface area contributed by atoms with Crippen LogP contribution in [0, 0.1) is 6.92 Å². The van der Waals surface area contributed by atoms with E-state index in [0.29, 0.717) is 23.7 Å². The Bertz CT molecular complexity index is 1610. The number of nitrogens with zero attached hydrogens (tertiary/aromatic N) is 3. The first-order valence-electron chi connectivity index (χ1n) is 11.8. The number of amides is 1. The Labute approximate surface area is 201 Å². The number of pyridine rings is 1. The zero-order valence-corrected chi connectivity index (χ0v) is 19.4. The van der Waals surface area contributed by atoms with Crippen LogP contribution in [0.1, 0.15) is 34.7 Å². The molecule has 1 fully saturated rings. The largest absolute Gasteiger partial charge is 0.447 e. The molecule has 1 amide bonds. The van der Waals surface area contributed by atoms with Crippen molar-refractivity contribution >= 4 is 39.1 Å². The van der Waals surface area contributed by atoms with Gasteiger partial charge in [-0.05, 0) is 61.7 Å². The lowest BCUT2D eigenvalue weighted by Gasteiger charge is -2.22. The number of H-pyrrole nitrogens is 1. The van der Waals surface area contributed by atoms with Gasteiger partial charge in [-0.1, -0.05) is 0 Å². The van der Waals surface area contributed by atoms with Crippen molar-refractivity contribution in [3.63, 3.8) is 0 Å². The van der Waals surface area contributed by atoms with Crippen LogP contribution in [0.15, 0.2) is 70.3 Å². The zero-order chi connectivity index (χ0) is 23.9. The molecule has 6 rings (SSSR count). The minimum Gasteiger partial charge on any atom is -0.447 e. The second-order valence-corrected chi connectivity index (χ2v) is 9.02. The topological polar surface area (TPSA) is 96.2 Å². The lowest BCUT2D eigenvalue weighted by atomic mass is 10.1. The molecule has 0 saturated carbocycles. The van der Waals surface area contributed by atoms with Gasteiger partial charge in [0.1, 0.15) is 6.26 Å². The van der Waals surface area contributed by atoms with Crippen molar-refractivity contribution in [2.45, 2.75) is 26.3 Å². The number of rotatable bonds is 5. The average Bonchev–Trinajstić information content (AvgIpc) is 3.62. The summed E-state index contributed by atoms with van der Waals surface area (Å²) in [6, 6.07) is 13.2. The minimum absolute atomic E-state index is 0.136. The molecule has 0 radical (unpaired) electrons. The van der Waals surface area contributed by atoms with E-state index in [-0.39, 0.29) is 11.5 Å². The van der Waals surface area contributed by atoms with Crippen molar-refractivity contribution in [2.75, 3.05) is 23.3 Å². The standard InChI is InChI=1S/C27H25N5O3/c1-17-12-25(33)30-22-5-4-19(14-20(17)22)29-27(34)21-15-23-18(13-24(21)31-8-2-3-9-31)6-10-32(23)16-26-28-7-11-35-26/h4-7,10-15H,2-3,8-9,16H2,1H3,(H,29,34)(H,30,33). The van der Waals surface area contributed by atoms with Crippen LogP contribution < -0.4 is 15.8 Å². The van der Waals surface area contributed by atoms with Gasteiger partial charge in [-0.25, -0.2) is 4.98 Å². The maximum atomic E-state index is 13.6. The van der Waals surface area contributed by atoms with Crippen LogP contribution in [0.2, 0.25) is 0 Å². The molecule has 0 bridgehead atoms. The SMILES string of the molecule is Cc1cc(=O)[nH]c2ccc(NC(=O)c3cc4c(ccn4Cc4ncco4)cc3N3CCCC3)cc12. The summed E-state index contributed by atoms with van der Waals surface area (Å²) in [5.74, 6) is 0.445. The Hall–Kier alpha value is -4.33. The van der Waals surface area contributed by atoms with E-state index in [0.717, 1.165) is 59.0 Å². The van der Waals surface area contributed by atoms with E-state index in [1.165, 1.54) is 0 Å². The number of aromatic amines is 1. The molecule has 0 unspecified atom stereocenters. The van der Waals surface area contributed by atoms with Crippen LogP contribution in [-0.4, -0.2) is 33.5 Å². The number of aryl methyl sites for hydroxylation is 1. The summed E-state index contributed by atoms with van der Waals surface area (Å²) < 4.78 is 7.47. The van der Waals surface area contributed by atoms with E-state index in [9.17, 15) is 9.59 Å². The van der Waals surface area contributed by atoms with Gasteiger partial charge < -0.3 is 24.2 Å². The smallest absolute Gasteiger partial charge is 0.257 e. The number of anilines is 2. The summed E-state index contributed by atoms with van der Waals surface area (Å²) in [6.07, 6.45) is 7.43. The molecule has 2 aromatic carbocycles. The zero-order valence-electron chi connectivity index (χ0n) is 19.4. The first-order valence-corrected chi connectivity index (χ1v) is 11.8. The highest BCUT2D eigenvalue weighted by molar-refractivity contribution is 6.11. The fourth-order valence-corrected chi connectivity index (χ4v) is 4.94. The van der Waals surface area contributed by atoms with E-state index < -0.39 is 0 Å². The molecular weight excluding hydrogens is 442 g/mol. The number of carbonyl (C=O) groups is 1. The van der Waals surface area contributed by atoms with Crippen molar-refractivity contribution in [3.05, 3.63) is 88.5 Å². The fraction of sp³-hybridized carbons (Fsp3) is 0.222. The van der Waals surface area contributed by atoms with Crippen molar-refractivity contribution < 1.29 is 9.21 Å². The molecule has 1 aliphatic rings. The van der Waals surface area contributed by atoms with Crippen LogP contribution in [-0.2, 0) is 6.54 Å². The van der Waals surface area contributed by atoms with Crippen LogP contribution in [0.25, 0.3) is 21.8 Å². The van der Waals surface area contributed by atoms with Crippen LogP contribution in [0.5, 0.6) is 0 Å². The van der Waals surface area contributed by atoms with Gasteiger partial charge >= 0.3 is 0 Å². The van der Waals surface area contributed by atoms with Crippen molar-refractivity contribution in [2.24, 2.45) is 0 Å². The maximum absolute atomic E-state index is 13.6. The Morgan fingerprint density at radius 1 is 1.14 bits per heavy atom. The molecule has 176 valence electrons. The molecule has 35 heavy (non-hydrogen) atoms. The summed E-state index contributed by atoms with van der Waals surface area (Å²) in [6.45, 7) is 4.25. The third-order valence-electron chi connectivity index (χ3n) is 6.68. The molecule has 5 aromatic rings. The first-order chi connectivity index (χ1) is 17.0. The van der Waals surface area contributed by atoms with Gasteiger partial charge in [0.25, 0.3) is 5.91 Å². The summed E-state index contributed by atoms with van der Waals surface area (Å²) in [7, 11) is 0. The van der Waals surface area contributed by atoms with Gasteiger partial charge in [-0.3, -0.25) is 9.59 Å². The van der Waals surface area contributed by atoms with Gasteiger partial charge in [0.05, 0.1) is 24.0 Å². The van der Waals surface area contributed by atoms with E-state index in [1.807, 2.05) is 42.0 Å². The Morgan fingerprint density at radius 3 is 2.80 bits per heavy atom. The predicted molar refractivity (Wildman–Crippen MR) is 136 cm³/mol. The number of carbonyl (C=O) groups excluding carboxylic acids is 1. The third kappa shape index (κ3) is 3.97. The van der Waals surface area contributed by atoms with Crippen LogP contribution in [0.3, 0.4) is 0 Å². The van der Waals surface area contributed by atoms with Crippen molar-refractivity contribution in [1.82, 2.24) is 14.5 Å². The molecular formula is C27H25N5O3. The Balaban J connectivity index is 1.40. The normalized spacial score (nSPS) is 13.7. The third-order valence-corrected chi connectivity index (χ3v) is 6.68. The highest BCUT2D eigenvalue weighted by Crippen LogP contribution is 2.32. The minimum atomic E-state index is -0.167. The highest BCUT2D eigenvalue weighted by atomic mass is 16.3. The summed E-state index contributed by atoms with van der Waals surface area (Å²) in [5, 5.41) is 5.05. The number of oxazole rings is 1. The van der Waals surface area contributed by atoms with Crippen LogP contribution >= 0.6 is 0 Å². The van der Waals surface area contributed by atoms with E-state index in [1.54, 1.807) is 18.5 Å². The molecule has 2 N–H and O–H groups in total. The van der Waals surface area contributed by atoms with E-state index in [4.69, 9.17) is 4.42 Å². The summed E-state index contributed by atoms with van der Waals surface area (Å²) in [4.78, 5) is 34.8. The number of fused-ring (bicyclic) bond motifs is 2. The van der Waals surface area contributed by atoms with E-state index in [2.05, 4.69) is 32.3 Å². The van der Waals surface area contributed by atoms with Gasteiger partial charge in [0.2, 0.25) is 11.4 Å². The molecule has 0 aliphatic carbocycles. The Morgan fingerprint density at radius 2 is 2.00 bits per heavy atom. The lowest BCUT2D eigenvalue weighted by molar-refractivity contribution is 0.102. The van der Waals surface area contributed by atoms with Crippen LogP contribution in [0.4, 0.5) is 11.4 Å². The molecule has 8 heteroatoms. The Kier molecular flexibility index (Phi) is 5.13. The van der Waals surface area contributed by atoms with Crippen molar-refractivity contribution in [3.8, 4) is 0 Å². The maximum Gasteiger partial charge on any atom is 0.257 e. The summed E-state index contributed by atoms with van der Waals surface area (Å²) >= 11 is 0. The molecule has 0 spiro atoms. The predicted octanol–water partition coefficient (Wildman–Crippen LogP) is 4.68. The van der Waals surface area contributed by atoms with Crippen molar-refractivity contribution in [1.29, 1.82) is 0 Å². The van der Waals surface area contributed by atoms with Gasteiger partial charge in [0, 0.05) is 52.8 Å². The molecule has 4 heterocycles. The van der Waals surface area contributed by atoms with E-state index >= 15 is 0 Å². The van der Waals surface area contributed by atoms with Gasteiger partial charge in [0.15, 0.2) is 0 Å². The van der Waals surface area contributed by atoms with Gasteiger partial charge in [-0.15, -0.1) is 0 Å². The number of hydrogen-bond donors (Lipinski definition) is 2. The number of aromatic nitrogens is 3. The quantitative estimate of drug-likeness (QED) is 0.391. The first kappa shape index (κ1) is 21.2. The summed E-state index contributed by atoms with van der Waals surface area (Å²) in [5.41, 5.74) is 4.68. The highest BCUT2D eigenvalue weighted by Gasteiger charge is 2.22. The molecule has 8 nitrogen and oxygen atoms in total. The fourth-order valence-electron chi connectivity index (χ4n) is 4.94. The number of benzene rings is 2. The monoisotopic (exact) mass is 467 g/mol. The second-order valence-electron chi connectivity index (χ2n) is 9.02. The van der Waals surface area contributed by atoms with Gasteiger partial charge in [-0.2, -0.15) is 0 Å². The second kappa shape index (κ2) is 8.47. The number of hydrogen-bond acceptors (Lipinski definition) is 5. The lowest BCUT2D eigenvalue weighted by Crippen LogP contribution is -2.23.